The lowest BCUT2D eigenvalue weighted by molar-refractivity contribution is 0.269. The first-order chi connectivity index (χ1) is 5.68. The molecule has 6 heteroatoms. The van der Waals surface area contributed by atoms with Gasteiger partial charge in [0.2, 0.25) is 0 Å². The Labute approximate surface area is 78.7 Å². The Kier molecular flexibility index (Phi) is 3.75. The van der Waals surface area contributed by atoms with Gasteiger partial charge in [-0.25, -0.2) is 4.98 Å². The molecule has 0 fully saturated rings. The number of pyridine rings is 1. The molecular formula is C6H6BrNO3P+. The molecule has 0 bridgehead atoms. The van der Waals surface area contributed by atoms with Gasteiger partial charge in [-0.05, 0) is 28.1 Å². The lowest BCUT2D eigenvalue weighted by Gasteiger charge is -1.93. The molecule has 0 aromatic carbocycles. The zero-order valence-corrected chi connectivity index (χ0v) is 8.46. The van der Waals surface area contributed by atoms with Gasteiger partial charge in [-0.1, -0.05) is 6.07 Å². The highest BCUT2D eigenvalue weighted by molar-refractivity contribution is 9.10. The van der Waals surface area contributed by atoms with E-state index >= 15 is 0 Å². The molecule has 4 nitrogen and oxygen atoms in total. The van der Waals surface area contributed by atoms with Gasteiger partial charge >= 0.3 is 8.25 Å². The molecule has 0 amide bonds. The highest BCUT2D eigenvalue weighted by Gasteiger charge is 2.12. The SMILES string of the molecule is O=[P+](O)OCc1cccc(Br)n1. The largest absolute Gasteiger partial charge is 0.695 e. The van der Waals surface area contributed by atoms with E-state index in [2.05, 4.69) is 25.4 Å². The summed E-state index contributed by atoms with van der Waals surface area (Å²) in [6, 6.07) is 5.26. The topological polar surface area (TPSA) is 59.4 Å². The van der Waals surface area contributed by atoms with Crippen LogP contribution in [0, 0.1) is 0 Å². The molecule has 0 aliphatic rings. The quantitative estimate of drug-likeness (QED) is 0.659. The number of rotatable bonds is 3. The van der Waals surface area contributed by atoms with E-state index in [1.807, 2.05) is 0 Å². The fraction of sp³-hybridized carbons (Fsp3) is 0.167. The van der Waals surface area contributed by atoms with E-state index in [0.29, 0.717) is 10.3 Å². The number of aromatic nitrogens is 1. The number of halogens is 1. The molecule has 0 saturated heterocycles. The summed E-state index contributed by atoms with van der Waals surface area (Å²) in [7, 11) is -2.54. The second-order valence-corrected chi connectivity index (χ2v) is 3.51. The summed E-state index contributed by atoms with van der Waals surface area (Å²) < 4.78 is 15.3. The summed E-state index contributed by atoms with van der Waals surface area (Å²) in [4.78, 5) is 12.3. The minimum atomic E-state index is -2.54. The van der Waals surface area contributed by atoms with E-state index in [4.69, 9.17) is 4.89 Å². The standard InChI is InChI=1S/C6H5BrNO3P/c7-6-3-1-2-5(8-6)4-11-12(9)10/h1-3H,4H2/p+1. The van der Waals surface area contributed by atoms with Crippen molar-refractivity contribution in [3.05, 3.63) is 28.5 Å². The molecule has 1 atom stereocenters. The van der Waals surface area contributed by atoms with Crippen LogP contribution in [0.5, 0.6) is 0 Å². The van der Waals surface area contributed by atoms with Crippen LogP contribution < -0.4 is 0 Å². The molecule has 0 aliphatic heterocycles. The van der Waals surface area contributed by atoms with Gasteiger partial charge in [-0.3, -0.25) is 0 Å². The van der Waals surface area contributed by atoms with E-state index in [1.165, 1.54) is 0 Å². The molecule has 1 aromatic rings. The van der Waals surface area contributed by atoms with E-state index in [0.717, 1.165) is 0 Å². The molecule has 0 radical (unpaired) electrons. The summed E-state index contributed by atoms with van der Waals surface area (Å²) in [5.41, 5.74) is 0.613. The van der Waals surface area contributed by atoms with Gasteiger partial charge in [0.05, 0.1) is 5.69 Å². The molecule has 0 saturated carbocycles. The minimum absolute atomic E-state index is 0.0468. The predicted octanol–water partition coefficient (Wildman–Crippen LogP) is 2.01. The van der Waals surface area contributed by atoms with Gasteiger partial charge in [-0.15, -0.1) is 9.42 Å². The molecule has 1 aromatic heterocycles. The van der Waals surface area contributed by atoms with Crippen molar-refractivity contribution >= 4 is 24.2 Å². The normalized spacial score (nSPS) is 11.3. The van der Waals surface area contributed by atoms with E-state index in [-0.39, 0.29) is 6.61 Å². The zero-order chi connectivity index (χ0) is 8.97. The summed E-state index contributed by atoms with van der Waals surface area (Å²) in [6.07, 6.45) is 0. The Balaban J connectivity index is 2.57. The van der Waals surface area contributed by atoms with Crippen LogP contribution >= 0.6 is 24.2 Å². The van der Waals surface area contributed by atoms with Crippen LogP contribution in [0.4, 0.5) is 0 Å². The maximum absolute atomic E-state index is 10.1. The third kappa shape index (κ3) is 3.36. The van der Waals surface area contributed by atoms with Gasteiger partial charge in [0, 0.05) is 4.57 Å². The van der Waals surface area contributed by atoms with Gasteiger partial charge in [-0.2, -0.15) is 0 Å². The summed E-state index contributed by atoms with van der Waals surface area (Å²) in [6.45, 7) is 0.0468. The lowest BCUT2D eigenvalue weighted by Crippen LogP contribution is -1.90. The van der Waals surface area contributed by atoms with Gasteiger partial charge in [0.15, 0.2) is 0 Å². The van der Waals surface area contributed by atoms with Crippen LogP contribution in [0.1, 0.15) is 5.69 Å². The molecule has 1 heterocycles. The molecule has 1 unspecified atom stereocenters. The van der Waals surface area contributed by atoms with E-state index < -0.39 is 8.25 Å². The van der Waals surface area contributed by atoms with Gasteiger partial charge < -0.3 is 0 Å². The number of hydrogen-bond acceptors (Lipinski definition) is 3. The second kappa shape index (κ2) is 4.62. The van der Waals surface area contributed by atoms with Crippen molar-refractivity contribution in [3.63, 3.8) is 0 Å². The van der Waals surface area contributed by atoms with Crippen LogP contribution in [0.15, 0.2) is 22.8 Å². The molecule has 1 N–H and O–H groups in total. The Morgan fingerprint density at radius 2 is 2.42 bits per heavy atom. The minimum Gasteiger partial charge on any atom is -0.243 e. The van der Waals surface area contributed by atoms with Crippen molar-refractivity contribution in [2.24, 2.45) is 0 Å². The molecule has 0 spiro atoms. The fourth-order valence-electron chi connectivity index (χ4n) is 0.652. The van der Waals surface area contributed by atoms with Crippen LogP contribution in [0.25, 0.3) is 0 Å². The van der Waals surface area contributed by atoms with Crippen molar-refractivity contribution in [1.82, 2.24) is 4.98 Å². The van der Waals surface area contributed by atoms with Crippen LogP contribution in [-0.2, 0) is 15.7 Å². The van der Waals surface area contributed by atoms with Gasteiger partial charge in [0.1, 0.15) is 11.2 Å². The van der Waals surface area contributed by atoms with Crippen molar-refractivity contribution in [2.75, 3.05) is 0 Å². The number of nitrogens with zero attached hydrogens (tertiary/aromatic N) is 1. The van der Waals surface area contributed by atoms with Crippen LogP contribution in [-0.4, -0.2) is 9.88 Å². The monoisotopic (exact) mass is 250 g/mol. The summed E-state index contributed by atoms with van der Waals surface area (Å²) >= 11 is 3.17. The Bertz CT molecular complexity index is 294. The Morgan fingerprint density at radius 3 is 3.00 bits per heavy atom. The zero-order valence-electron chi connectivity index (χ0n) is 5.98. The molecule has 0 aliphatic carbocycles. The van der Waals surface area contributed by atoms with Crippen molar-refractivity contribution in [3.8, 4) is 0 Å². The average Bonchev–Trinajstić information content (AvgIpc) is 2.01. The smallest absolute Gasteiger partial charge is 0.243 e. The lowest BCUT2D eigenvalue weighted by atomic mass is 10.4. The van der Waals surface area contributed by atoms with Crippen molar-refractivity contribution < 1.29 is 14.0 Å². The first-order valence-electron chi connectivity index (χ1n) is 3.09. The number of hydrogen-bond donors (Lipinski definition) is 1. The summed E-state index contributed by atoms with van der Waals surface area (Å²) in [5.74, 6) is 0. The van der Waals surface area contributed by atoms with E-state index in [1.54, 1.807) is 18.2 Å². The van der Waals surface area contributed by atoms with Crippen LogP contribution in [0.2, 0.25) is 0 Å². The molecule has 12 heavy (non-hydrogen) atoms. The third-order valence-corrected chi connectivity index (χ3v) is 1.89. The highest BCUT2D eigenvalue weighted by atomic mass is 79.9. The second-order valence-electron chi connectivity index (χ2n) is 1.96. The average molecular weight is 251 g/mol. The molecule has 1 rings (SSSR count). The van der Waals surface area contributed by atoms with E-state index in [9.17, 15) is 4.57 Å². The molecule has 64 valence electrons. The Morgan fingerprint density at radius 1 is 1.67 bits per heavy atom. The van der Waals surface area contributed by atoms with Gasteiger partial charge in [0.25, 0.3) is 0 Å². The Hall–Kier alpha value is -0.350. The molecular weight excluding hydrogens is 245 g/mol. The third-order valence-electron chi connectivity index (χ3n) is 1.10. The highest BCUT2D eigenvalue weighted by Crippen LogP contribution is 2.17. The van der Waals surface area contributed by atoms with Crippen molar-refractivity contribution in [2.45, 2.75) is 6.61 Å². The summed E-state index contributed by atoms with van der Waals surface area (Å²) in [5, 5.41) is 0. The first-order valence-corrected chi connectivity index (χ1v) is 5.01. The van der Waals surface area contributed by atoms with Crippen molar-refractivity contribution in [1.29, 1.82) is 0 Å². The predicted molar refractivity (Wildman–Crippen MR) is 46.6 cm³/mol. The maximum atomic E-state index is 10.1. The fourth-order valence-corrected chi connectivity index (χ4v) is 1.28. The first kappa shape index (κ1) is 9.74. The van der Waals surface area contributed by atoms with Crippen LogP contribution in [0.3, 0.4) is 0 Å². The maximum Gasteiger partial charge on any atom is 0.695 e.